The van der Waals surface area contributed by atoms with Crippen molar-refractivity contribution in [2.75, 3.05) is 7.05 Å². The molecule has 1 saturated carbocycles. The van der Waals surface area contributed by atoms with Crippen molar-refractivity contribution in [3.8, 4) is 0 Å². The van der Waals surface area contributed by atoms with Gasteiger partial charge in [-0.15, -0.1) is 0 Å². The molecule has 1 aromatic heterocycles. The highest BCUT2D eigenvalue weighted by molar-refractivity contribution is 5.26. The summed E-state index contributed by atoms with van der Waals surface area (Å²) in [7, 11) is 2.09. The van der Waals surface area contributed by atoms with Gasteiger partial charge in [-0.3, -0.25) is 4.98 Å². The van der Waals surface area contributed by atoms with Gasteiger partial charge in [0.1, 0.15) is 0 Å². The molecule has 2 heteroatoms. The lowest BCUT2D eigenvalue weighted by Gasteiger charge is -2.34. The Labute approximate surface area is 111 Å². The number of hydrogen-bond acceptors (Lipinski definition) is 2. The van der Waals surface area contributed by atoms with Crippen molar-refractivity contribution in [2.24, 2.45) is 11.8 Å². The Hall–Kier alpha value is -0.890. The summed E-state index contributed by atoms with van der Waals surface area (Å²) >= 11 is 0. The number of nitrogens with one attached hydrogen (secondary N) is 1. The fourth-order valence-electron chi connectivity index (χ4n) is 3.45. The van der Waals surface area contributed by atoms with Crippen LogP contribution >= 0.6 is 0 Å². The normalized spacial score (nSPS) is 26.0. The van der Waals surface area contributed by atoms with Crippen LogP contribution < -0.4 is 5.32 Å². The standard InChI is InChI=1S/C16H26N2/c1-11-6-5-7-14(10-11)16(17-4)15-9-8-12(2)18-13(15)3/h8-9,11,14,16-17H,5-7,10H2,1-4H3. The highest BCUT2D eigenvalue weighted by atomic mass is 14.9. The highest BCUT2D eigenvalue weighted by Crippen LogP contribution is 2.37. The number of nitrogens with zero attached hydrogens (tertiary/aromatic N) is 1. The Kier molecular flexibility index (Phi) is 4.39. The number of hydrogen-bond donors (Lipinski definition) is 1. The summed E-state index contributed by atoms with van der Waals surface area (Å²) in [4.78, 5) is 4.62. The minimum atomic E-state index is 0.473. The zero-order valence-electron chi connectivity index (χ0n) is 12.2. The maximum absolute atomic E-state index is 4.62. The summed E-state index contributed by atoms with van der Waals surface area (Å²) in [6.45, 7) is 6.59. The van der Waals surface area contributed by atoms with Crippen molar-refractivity contribution in [3.05, 3.63) is 29.1 Å². The first-order chi connectivity index (χ1) is 8.61. The molecule has 1 aliphatic rings. The average Bonchev–Trinajstić information content (AvgIpc) is 2.33. The number of aromatic nitrogens is 1. The predicted molar refractivity (Wildman–Crippen MR) is 76.6 cm³/mol. The quantitative estimate of drug-likeness (QED) is 0.878. The highest BCUT2D eigenvalue weighted by Gasteiger charge is 2.27. The maximum atomic E-state index is 4.62. The summed E-state index contributed by atoms with van der Waals surface area (Å²) in [5.74, 6) is 1.64. The van der Waals surface area contributed by atoms with Crippen molar-refractivity contribution in [3.63, 3.8) is 0 Å². The van der Waals surface area contributed by atoms with E-state index in [-0.39, 0.29) is 0 Å². The summed E-state index contributed by atoms with van der Waals surface area (Å²) in [6, 6.07) is 4.87. The molecule has 1 heterocycles. The second-order valence-electron chi connectivity index (χ2n) is 5.93. The molecule has 0 amide bonds. The Morgan fingerprint density at radius 2 is 2.06 bits per heavy atom. The second kappa shape index (κ2) is 5.83. The van der Waals surface area contributed by atoms with Gasteiger partial charge in [0.15, 0.2) is 0 Å². The van der Waals surface area contributed by atoms with Crippen LogP contribution in [0.25, 0.3) is 0 Å². The first-order valence-corrected chi connectivity index (χ1v) is 7.23. The molecule has 0 aromatic carbocycles. The molecule has 0 radical (unpaired) electrons. The van der Waals surface area contributed by atoms with Crippen LogP contribution in [-0.2, 0) is 0 Å². The van der Waals surface area contributed by atoms with Crippen LogP contribution in [0.15, 0.2) is 12.1 Å². The van der Waals surface area contributed by atoms with E-state index >= 15 is 0 Å². The van der Waals surface area contributed by atoms with E-state index in [1.807, 2.05) is 0 Å². The van der Waals surface area contributed by atoms with Gasteiger partial charge in [-0.1, -0.05) is 25.8 Å². The molecule has 3 atom stereocenters. The van der Waals surface area contributed by atoms with Gasteiger partial charge in [-0.05, 0) is 57.2 Å². The molecule has 1 fully saturated rings. The smallest absolute Gasteiger partial charge is 0.0423 e. The summed E-state index contributed by atoms with van der Waals surface area (Å²) in [6.07, 6.45) is 5.47. The van der Waals surface area contributed by atoms with Crippen LogP contribution in [0.4, 0.5) is 0 Å². The SMILES string of the molecule is CNC(c1ccc(C)nc1C)C1CCCC(C)C1. The molecule has 100 valence electrons. The molecular weight excluding hydrogens is 220 g/mol. The number of aryl methyl sites for hydroxylation is 2. The van der Waals surface area contributed by atoms with E-state index < -0.39 is 0 Å². The minimum absolute atomic E-state index is 0.473. The third kappa shape index (κ3) is 2.92. The number of pyridine rings is 1. The molecule has 18 heavy (non-hydrogen) atoms. The van der Waals surface area contributed by atoms with E-state index in [2.05, 4.69) is 50.3 Å². The zero-order valence-corrected chi connectivity index (χ0v) is 12.2. The summed E-state index contributed by atoms with van der Waals surface area (Å²) in [5, 5.41) is 3.53. The maximum Gasteiger partial charge on any atom is 0.0423 e. The Morgan fingerprint density at radius 1 is 1.28 bits per heavy atom. The lowest BCUT2D eigenvalue weighted by atomic mass is 9.76. The van der Waals surface area contributed by atoms with Crippen molar-refractivity contribution in [2.45, 2.75) is 52.5 Å². The van der Waals surface area contributed by atoms with Crippen molar-refractivity contribution in [1.82, 2.24) is 10.3 Å². The van der Waals surface area contributed by atoms with E-state index in [1.54, 1.807) is 0 Å². The molecule has 3 unspecified atom stereocenters. The molecule has 0 spiro atoms. The molecule has 1 aliphatic carbocycles. The van der Waals surface area contributed by atoms with Gasteiger partial charge in [0, 0.05) is 17.4 Å². The molecule has 2 nitrogen and oxygen atoms in total. The van der Waals surface area contributed by atoms with Crippen LogP contribution in [0.2, 0.25) is 0 Å². The predicted octanol–water partition coefficient (Wildman–Crippen LogP) is 3.79. The fraction of sp³-hybridized carbons (Fsp3) is 0.688. The third-order valence-corrected chi connectivity index (χ3v) is 4.36. The Bertz CT molecular complexity index is 400. The van der Waals surface area contributed by atoms with Gasteiger partial charge in [0.25, 0.3) is 0 Å². The minimum Gasteiger partial charge on any atom is -0.313 e. The van der Waals surface area contributed by atoms with Crippen LogP contribution in [0, 0.1) is 25.7 Å². The number of rotatable bonds is 3. The van der Waals surface area contributed by atoms with Gasteiger partial charge in [0.05, 0.1) is 0 Å². The monoisotopic (exact) mass is 246 g/mol. The Balaban J connectivity index is 2.21. The van der Waals surface area contributed by atoms with Gasteiger partial charge in [-0.25, -0.2) is 0 Å². The molecule has 0 aliphatic heterocycles. The molecule has 1 aromatic rings. The van der Waals surface area contributed by atoms with Gasteiger partial charge < -0.3 is 5.32 Å². The van der Waals surface area contributed by atoms with E-state index in [0.717, 1.165) is 17.5 Å². The zero-order chi connectivity index (χ0) is 13.1. The van der Waals surface area contributed by atoms with Gasteiger partial charge in [0.2, 0.25) is 0 Å². The third-order valence-electron chi connectivity index (χ3n) is 4.36. The van der Waals surface area contributed by atoms with Crippen LogP contribution in [0.1, 0.15) is 55.6 Å². The van der Waals surface area contributed by atoms with E-state index in [1.165, 1.54) is 36.9 Å². The second-order valence-corrected chi connectivity index (χ2v) is 5.93. The average molecular weight is 246 g/mol. The molecule has 1 N–H and O–H groups in total. The van der Waals surface area contributed by atoms with Crippen LogP contribution in [-0.4, -0.2) is 12.0 Å². The van der Waals surface area contributed by atoms with E-state index in [0.29, 0.717) is 6.04 Å². The largest absolute Gasteiger partial charge is 0.313 e. The van der Waals surface area contributed by atoms with E-state index in [4.69, 9.17) is 0 Å². The molecule has 0 bridgehead atoms. The van der Waals surface area contributed by atoms with Crippen molar-refractivity contribution >= 4 is 0 Å². The topological polar surface area (TPSA) is 24.9 Å². The fourth-order valence-corrected chi connectivity index (χ4v) is 3.45. The van der Waals surface area contributed by atoms with E-state index in [9.17, 15) is 0 Å². The van der Waals surface area contributed by atoms with Crippen molar-refractivity contribution < 1.29 is 0 Å². The first-order valence-electron chi connectivity index (χ1n) is 7.23. The molecule has 2 rings (SSSR count). The Morgan fingerprint density at radius 3 is 2.67 bits per heavy atom. The van der Waals surface area contributed by atoms with Gasteiger partial charge in [-0.2, -0.15) is 0 Å². The summed E-state index contributed by atoms with van der Waals surface area (Å²) < 4.78 is 0. The first kappa shape index (κ1) is 13.5. The lowest BCUT2D eigenvalue weighted by Crippen LogP contribution is -2.29. The molecule has 0 saturated heterocycles. The van der Waals surface area contributed by atoms with Crippen LogP contribution in [0.5, 0.6) is 0 Å². The molecular formula is C16H26N2. The van der Waals surface area contributed by atoms with Gasteiger partial charge >= 0.3 is 0 Å². The summed E-state index contributed by atoms with van der Waals surface area (Å²) in [5.41, 5.74) is 3.69. The van der Waals surface area contributed by atoms with Crippen LogP contribution in [0.3, 0.4) is 0 Å². The lowest BCUT2D eigenvalue weighted by molar-refractivity contribution is 0.229. The van der Waals surface area contributed by atoms with Crippen molar-refractivity contribution in [1.29, 1.82) is 0 Å².